The second kappa shape index (κ2) is 2.55. The molecule has 0 aliphatic carbocycles. The van der Waals surface area contributed by atoms with E-state index in [0.717, 1.165) is 0 Å². The summed E-state index contributed by atoms with van der Waals surface area (Å²) in [6.07, 6.45) is 0. The van der Waals surface area contributed by atoms with Crippen LogP contribution < -0.4 is 0 Å². The van der Waals surface area contributed by atoms with Gasteiger partial charge in [0.2, 0.25) is 0 Å². The summed E-state index contributed by atoms with van der Waals surface area (Å²) in [5.74, 6) is 0. The average molecular weight is 187 g/mol. The van der Waals surface area contributed by atoms with E-state index in [0.29, 0.717) is 0 Å². The standard InChI is InChI=1S/H2OP2.Pd/c1-3-2;/h2H2;/q;-1/p+1. The molecular formula is H3OP2Pd. The molecule has 2 unspecified atom stereocenters. The van der Waals surface area contributed by atoms with Gasteiger partial charge in [0.25, 0.3) is 0 Å². The summed E-state index contributed by atoms with van der Waals surface area (Å²) in [6, 6.07) is 0. The van der Waals surface area contributed by atoms with Gasteiger partial charge in [0.1, 0.15) is 0 Å². The van der Waals surface area contributed by atoms with Crippen LogP contribution >= 0.6 is 14.6 Å². The molecule has 0 rings (SSSR count). The van der Waals surface area contributed by atoms with E-state index in [1.54, 1.807) is 0 Å². The van der Waals surface area contributed by atoms with E-state index >= 15 is 0 Å². The Morgan fingerprint density at radius 3 is 2.00 bits per heavy atom. The van der Waals surface area contributed by atoms with Gasteiger partial charge in [-0.15, -0.1) is 0 Å². The molecule has 0 radical (unpaired) electrons. The van der Waals surface area contributed by atoms with Crippen LogP contribution in [0.2, 0.25) is 0 Å². The van der Waals surface area contributed by atoms with Crippen LogP contribution in [0.4, 0.5) is 0 Å². The van der Waals surface area contributed by atoms with Crippen molar-refractivity contribution in [1.29, 1.82) is 0 Å². The quantitative estimate of drug-likeness (QED) is 0.405. The van der Waals surface area contributed by atoms with Crippen LogP contribution in [0, 0.1) is 0 Å². The maximum absolute atomic E-state index is 9.53. The molecular weight excluding hydrogens is 184 g/mol. The molecule has 0 aliphatic heterocycles. The van der Waals surface area contributed by atoms with Crippen LogP contribution in [0.5, 0.6) is 0 Å². The monoisotopic (exact) mass is 187 g/mol. The van der Waals surface area contributed by atoms with Crippen LogP contribution in [0.15, 0.2) is 0 Å². The van der Waals surface area contributed by atoms with Crippen molar-refractivity contribution in [2.24, 2.45) is 0 Å². The predicted octanol–water partition coefficient (Wildman–Crippen LogP) is 0.798. The SMILES string of the molecule is O=[PH](P)[Pd]. The zero-order valence-electron chi connectivity index (χ0n) is 1.80. The Bertz CT molecular complexity index is 29.0. The van der Waals surface area contributed by atoms with Gasteiger partial charge in [0.15, 0.2) is 0 Å². The molecule has 0 saturated carbocycles. The van der Waals surface area contributed by atoms with Gasteiger partial charge in [-0.05, 0) is 0 Å². The molecule has 0 aromatic rings. The fourth-order valence-corrected chi connectivity index (χ4v) is 0. The van der Waals surface area contributed by atoms with Crippen molar-refractivity contribution in [1.82, 2.24) is 0 Å². The molecule has 0 aliphatic rings. The summed E-state index contributed by atoms with van der Waals surface area (Å²) < 4.78 is 9.53. The van der Waals surface area contributed by atoms with Gasteiger partial charge in [-0.25, -0.2) is 0 Å². The summed E-state index contributed by atoms with van der Waals surface area (Å²) >= 11 is 2.56. The second-order valence-electron chi connectivity index (χ2n) is 0.274. The van der Waals surface area contributed by atoms with Crippen molar-refractivity contribution >= 4 is 14.6 Å². The molecule has 0 amide bonds. The van der Waals surface area contributed by atoms with Gasteiger partial charge in [-0.3, -0.25) is 0 Å². The molecule has 0 heterocycles. The molecule has 0 fully saturated rings. The molecule has 4 heavy (non-hydrogen) atoms. The molecule has 0 spiro atoms. The molecule has 4 heteroatoms. The summed E-state index contributed by atoms with van der Waals surface area (Å²) in [4.78, 5) is 0. The molecule has 0 saturated heterocycles. The minimum atomic E-state index is -1.36. The van der Waals surface area contributed by atoms with Crippen molar-refractivity contribution in [3.63, 3.8) is 0 Å². The van der Waals surface area contributed by atoms with E-state index < -0.39 is 5.68 Å². The van der Waals surface area contributed by atoms with E-state index in [4.69, 9.17) is 0 Å². The Balaban J connectivity index is 2.80. The first-order valence-corrected chi connectivity index (χ1v) is 6.02. The van der Waals surface area contributed by atoms with Crippen molar-refractivity contribution in [3.8, 4) is 0 Å². The first-order chi connectivity index (χ1) is 1.73. The van der Waals surface area contributed by atoms with Crippen molar-refractivity contribution < 1.29 is 23.3 Å². The topological polar surface area (TPSA) is 17.1 Å². The van der Waals surface area contributed by atoms with Gasteiger partial charge in [-0.2, -0.15) is 0 Å². The van der Waals surface area contributed by atoms with Gasteiger partial charge in [0.05, 0.1) is 0 Å². The predicted molar refractivity (Wildman–Crippen MR) is 18.7 cm³/mol. The Morgan fingerprint density at radius 1 is 2.00 bits per heavy atom. The van der Waals surface area contributed by atoms with Crippen LogP contribution in [0.1, 0.15) is 0 Å². The summed E-state index contributed by atoms with van der Waals surface area (Å²) in [5, 5.41) is 0. The summed E-state index contributed by atoms with van der Waals surface area (Å²) in [6.45, 7) is 0. The van der Waals surface area contributed by atoms with E-state index in [2.05, 4.69) is 27.6 Å². The minimum absolute atomic E-state index is 1.36. The summed E-state index contributed by atoms with van der Waals surface area (Å²) in [5.41, 5.74) is -1.36. The van der Waals surface area contributed by atoms with Crippen LogP contribution in [-0.4, -0.2) is 0 Å². The molecule has 0 aromatic heterocycles. The van der Waals surface area contributed by atoms with Gasteiger partial charge < -0.3 is 0 Å². The first kappa shape index (κ1) is 5.32. The van der Waals surface area contributed by atoms with Crippen LogP contribution in [0.25, 0.3) is 0 Å². The number of hydrogen-bond donors (Lipinski definition) is 0. The molecule has 0 N–H and O–H groups in total. The van der Waals surface area contributed by atoms with E-state index in [9.17, 15) is 4.57 Å². The average Bonchev–Trinajstić information content (AvgIpc) is 0.811. The van der Waals surface area contributed by atoms with Crippen molar-refractivity contribution in [2.45, 2.75) is 0 Å². The van der Waals surface area contributed by atoms with Gasteiger partial charge in [-0.1, -0.05) is 0 Å². The zero-order valence-corrected chi connectivity index (χ0v) is 5.51. The zero-order chi connectivity index (χ0) is 3.58. The Labute approximate surface area is 38.3 Å². The Morgan fingerprint density at radius 2 is 2.00 bits per heavy atom. The number of rotatable bonds is 0. The van der Waals surface area contributed by atoms with E-state index in [1.165, 1.54) is 0 Å². The number of hydrogen-bond acceptors (Lipinski definition) is 1. The van der Waals surface area contributed by atoms with Crippen molar-refractivity contribution in [2.75, 3.05) is 0 Å². The third kappa shape index (κ3) is 10.2. The summed E-state index contributed by atoms with van der Waals surface area (Å²) in [7, 11) is 2.14. The molecule has 0 aromatic carbocycles. The molecule has 2 atom stereocenters. The van der Waals surface area contributed by atoms with E-state index in [1.807, 2.05) is 0 Å². The first-order valence-electron chi connectivity index (χ1n) is 0.651. The third-order valence-corrected chi connectivity index (χ3v) is 0. The Kier molecular flexibility index (Phi) is 3.40. The normalized spacial score (nSPS) is 15.8. The van der Waals surface area contributed by atoms with Gasteiger partial charge in [0, 0.05) is 0 Å². The van der Waals surface area contributed by atoms with Gasteiger partial charge >= 0.3 is 37.9 Å². The van der Waals surface area contributed by atoms with Crippen molar-refractivity contribution in [3.05, 3.63) is 0 Å². The third-order valence-electron chi connectivity index (χ3n) is 0. The fourth-order valence-electron chi connectivity index (χ4n) is 0. The van der Waals surface area contributed by atoms with Crippen LogP contribution in [0.3, 0.4) is 0 Å². The maximum atomic E-state index is 9.53. The molecule has 1 nitrogen and oxygen atoms in total. The van der Waals surface area contributed by atoms with E-state index in [-0.39, 0.29) is 0 Å². The van der Waals surface area contributed by atoms with Crippen LogP contribution in [-0.2, 0) is 23.3 Å². The second-order valence-corrected chi connectivity index (χ2v) is 7.07. The molecule has 29 valence electrons. The molecule has 0 bridgehead atoms. The fraction of sp³-hybridized carbons (Fsp3) is 0. The Hall–Kier alpha value is 1.32.